The number of rotatable bonds is 6. The number of primary amides is 1. The van der Waals surface area contributed by atoms with Crippen LogP contribution < -0.4 is 16.0 Å². The van der Waals surface area contributed by atoms with Crippen LogP contribution >= 0.6 is 0 Å². The number of nitrogens with zero attached hydrogens (tertiary/aromatic N) is 2. The van der Waals surface area contributed by atoms with E-state index in [9.17, 15) is 34.8 Å². The maximum atomic E-state index is 14.3. The van der Waals surface area contributed by atoms with E-state index < -0.39 is 88.9 Å². The monoisotopic (exact) mass is 562 g/mol. The lowest BCUT2D eigenvalue weighted by Crippen LogP contribution is -2.63. The number of phenols is 1. The Balaban J connectivity index is 2.01. The summed E-state index contributed by atoms with van der Waals surface area (Å²) >= 11 is 0. The van der Waals surface area contributed by atoms with Crippen LogP contribution in [0.1, 0.15) is 56.9 Å². The third-order valence-corrected chi connectivity index (χ3v) is 7.99. The molecular formula is C29H40N4O7. The lowest BCUT2D eigenvalue weighted by atomic mass is 9.58. The highest BCUT2D eigenvalue weighted by Crippen LogP contribution is 2.53. The molecule has 4 rings (SSSR count). The summed E-state index contributed by atoms with van der Waals surface area (Å²) in [6.07, 6.45) is -0.530. The van der Waals surface area contributed by atoms with Gasteiger partial charge in [-0.1, -0.05) is 20.8 Å². The molecule has 1 aromatic rings. The molecule has 0 aromatic heterocycles. The molecule has 1 aromatic carbocycles. The van der Waals surface area contributed by atoms with Gasteiger partial charge in [0.1, 0.15) is 22.8 Å². The van der Waals surface area contributed by atoms with E-state index in [0.29, 0.717) is 6.54 Å². The minimum absolute atomic E-state index is 0.000993. The summed E-state index contributed by atoms with van der Waals surface area (Å²) < 4.78 is 48.4. The minimum atomic E-state index is -3.21. The van der Waals surface area contributed by atoms with Crippen LogP contribution in [0.25, 0.3) is 0 Å². The number of carbonyl (C=O) groups excluding carboxylic acids is 3. The lowest BCUT2D eigenvalue weighted by Gasteiger charge is -2.50. The van der Waals surface area contributed by atoms with Crippen molar-refractivity contribution in [2.75, 3.05) is 39.5 Å². The van der Waals surface area contributed by atoms with Crippen molar-refractivity contribution in [3.8, 4) is 5.75 Å². The summed E-state index contributed by atoms with van der Waals surface area (Å²) in [5.74, 6) is -8.57. The van der Waals surface area contributed by atoms with Crippen LogP contribution in [0.3, 0.4) is 0 Å². The van der Waals surface area contributed by atoms with Crippen molar-refractivity contribution >= 4 is 23.2 Å². The van der Waals surface area contributed by atoms with Crippen molar-refractivity contribution in [3.05, 3.63) is 45.4 Å². The van der Waals surface area contributed by atoms with Gasteiger partial charge in [-0.05, 0) is 49.9 Å². The van der Waals surface area contributed by atoms with Gasteiger partial charge in [-0.15, -0.1) is 0 Å². The summed E-state index contributed by atoms with van der Waals surface area (Å²) in [5, 5.41) is 48.9. The molecular weight excluding hydrogens is 516 g/mol. The van der Waals surface area contributed by atoms with Crippen LogP contribution in [0.5, 0.6) is 5.75 Å². The number of phenolic OH excluding ortho intramolecular Hbond substituents is 1. The van der Waals surface area contributed by atoms with Crippen LogP contribution in [0, 0.1) is 17.3 Å². The van der Waals surface area contributed by atoms with E-state index in [1.807, 2.05) is 20.8 Å². The molecule has 3 aliphatic carbocycles. The standard InChI is InChI=1S/C29H40N4O7/c1-28(2,3)12-31-11-14-10-17(32(4)5)15-8-13-9-16-21(33(6)7)24(36)20(27(30)39)26(38)29(16,40)25(37)18(13)23(35)19(15)22(14)34/h10,13,16,21,31,34,36-37,40H,8-9,11-12H2,1-7H3,(H2,30,39)/t13-,16-,21-,29-/m0/s1/i4D3,5D3. The fourth-order valence-electron chi connectivity index (χ4n) is 6.26. The second-order valence-corrected chi connectivity index (χ2v) is 12.2. The first-order valence-electron chi connectivity index (χ1n) is 15.9. The number of ketones is 2. The minimum Gasteiger partial charge on any atom is -0.510 e. The third-order valence-electron chi connectivity index (χ3n) is 7.99. The second kappa shape index (κ2) is 9.90. The molecule has 0 saturated heterocycles. The Morgan fingerprint density at radius 1 is 1.23 bits per heavy atom. The molecule has 0 bridgehead atoms. The van der Waals surface area contributed by atoms with Gasteiger partial charge >= 0.3 is 0 Å². The molecule has 7 N–H and O–H groups in total. The summed E-state index contributed by atoms with van der Waals surface area (Å²) in [5.41, 5.74) is -0.0447. The van der Waals surface area contributed by atoms with Crippen LogP contribution in [0.2, 0.25) is 0 Å². The van der Waals surface area contributed by atoms with Gasteiger partial charge in [-0.2, -0.15) is 0 Å². The SMILES string of the molecule is [2H]C([2H])([2H])N(c1cc(CNCC(C)(C)C)c(O)c2c1C[C@H]1C[C@H]3[C@H](N(C)C)C(O)=C(C(N)=O)C(=O)[C@@]3(O)C(O)=C1C2=O)C([2H])([2H])[2H]. The van der Waals surface area contributed by atoms with Crippen LogP contribution in [-0.4, -0.2) is 89.0 Å². The molecule has 4 atom stereocenters. The molecule has 218 valence electrons. The highest BCUT2D eigenvalue weighted by molar-refractivity contribution is 6.24. The lowest BCUT2D eigenvalue weighted by molar-refractivity contribution is -0.148. The van der Waals surface area contributed by atoms with Crippen molar-refractivity contribution < 1.29 is 43.0 Å². The smallest absolute Gasteiger partial charge is 0.255 e. The maximum absolute atomic E-state index is 14.3. The topological polar surface area (TPSA) is 177 Å². The molecule has 1 amide bonds. The van der Waals surface area contributed by atoms with Crippen LogP contribution in [-0.2, 0) is 22.6 Å². The number of Topliss-reactive ketones (excluding diaryl/α,β-unsaturated/α-hetero) is 2. The van der Waals surface area contributed by atoms with Crippen molar-refractivity contribution in [3.63, 3.8) is 0 Å². The van der Waals surface area contributed by atoms with Crippen LogP contribution in [0.4, 0.5) is 5.69 Å². The number of amides is 1. The number of benzene rings is 1. The Morgan fingerprint density at radius 2 is 1.88 bits per heavy atom. The Morgan fingerprint density at radius 3 is 2.42 bits per heavy atom. The van der Waals surface area contributed by atoms with Gasteiger partial charge in [0.15, 0.2) is 11.4 Å². The molecule has 0 aliphatic heterocycles. The second-order valence-electron chi connectivity index (χ2n) is 12.2. The summed E-state index contributed by atoms with van der Waals surface area (Å²) in [6, 6.07) is -0.0138. The van der Waals surface area contributed by atoms with E-state index in [4.69, 9.17) is 14.0 Å². The molecule has 3 aliphatic rings. The first kappa shape index (κ1) is 22.3. The molecule has 40 heavy (non-hydrogen) atoms. The van der Waals surface area contributed by atoms with Crippen molar-refractivity contribution in [1.29, 1.82) is 0 Å². The van der Waals surface area contributed by atoms with Crippen molar-refractivity contribution in [2.24, 2.45) is 23.0 Å². The average molecular weight is 563 g/mol. The molecule has 0 radical (unpaired) electrons. The highest BCUT2D eigenvalue weighted by Gasteiger charge is 2.63. The molecule has 11 heteroatoms. The van der Waals surface area contributed by atoms with E-state index in [2.05, 4.69) is 5.32 Å². The number of aromatic hydroxyl groups is 1. The largest absolute Gasteiger partial charge is 0.510 e. The summed E-state index contributed by atoms with van der Waals surface area (Å²) in [4.78, 5) is 41.7. The number of allylic oxidation sites excluding steroid dienone is 1. The number of carbonyl (C=O) groups is 3. The van der Waals surface area contributed by atoms with Gasteiger partial charge in [-0.3, -0.25) is 19.3 Å². The van der Waals surface area contributed by atoms with E-state index in [1.165, 1.54) is 25.1 Å². The molecule has 11 nitrogen and oxygen atoms in total. The van der Waals surface area contributed by atoms with E-state index in [-0.39, 0.29) is 46.5 Å². The third kappa shape index (κ3) is 4.46. The number of aliphatic hydroxyl groups excluding tert-OH is 2. The molecule has 0 unspecified atom stereocenters. The molecule has 0 fully saturated rings. The van der Waals surface area contributed by atoms with Gasteiger partial charge < -0.3 is 36.4 Å². The molecule has 0 heterocycles. The number of hydrogen-bond acceptors (Lipinski definition) is 10. The number of anilines is 1. The van der Waals surface area contributed by atoms with Crippen molar-refractivity contribution in [1.82, 2.24) is 10.2 Å². The zero-order valence-corrected chi connectivity index (χ0v) is 23.1. The zero-order chi connectivity index (χ0) is 35.1. The predicted molar refractivity (Wildman–Crippen MR) is 149 cm³/mol. The summed E-state index contributed by atoms with van der Waals surface area (Å²) in [6.45, 7) is -0.280. The van der Waals surface area contributed by atoms with Crippen LogP contribution in [0.15, 0.2) is 28.7 Å². The zero-order valence-electron chi connectivity index (χ0n) is 29.1. The van der Waals surface area contributed by atoms with Gasteiger partial charge in [-0.25, -0.2) is 0 Å². The average Bonchev–Trinajstić information content (AvgIpc) is 2.85. The van der Waals surface area contributed by atoms with Gasteiger partial charge in [0.25, 0.3) is 5.91 Å². The molecule has 0 saturated carbocycles. The fraction of sp³-hybridized carbons (Fsp3) is 0.552. The van der Waals surface area contributed by atoms with Gasteiger partial charge in [0.2, 0.25) is 5.78 Å². The fourth-order valence-corrected chi connectivity index (χ4v) is 6.26. The van der Waals surface area contributed by atoms with E-state index in [0.717, 1.165) is 0 Å². The Labute approximate surface area is 242 Å². The Bertz CT molecular complexity index is 1550. The van der Waals surface area contributed by atoms with Gasteiger partial charge in [0.05, 0.1) is 11.6 Å². The number of nitrogens with two attached hydrogens (primary N) is 1. The van der Waals surface area contributed by atoms with E-state index in [1.54, 1.807) is 0 Å². The van der Waals surface area contributed by atoms with Gasteiger partial charge in [0, 0.05) is 58.0 Å². The number of likely N-dealkylation sites (N-methyl/N-ethyl adjacent to an activating group) is 1. The first-order chi connectivity index (χ1) is 20.9. The quantitative estimate of drug-likeness (QED) is 0.277. The van der Waals surface area contributed by atoms with Crippen molar-refractivity contribution in [2.45, 2.75) is 51.8 Å². The Kier molecular flexibility index (Phi) is 5.52. The number of nitrogens with one attached hydrogen (secondary N) is 1. The maximum Gasteiger partial charge on any atom is 0.255 e. The summed E-state index contributed by atoms with van der Waals surface area (Å²) in [7, 11) is 2.98. The highest BCUT2D eigenvalue weighted by atomic mass is 16.3. The number of aliphatic hydroxyl groups is 3. The normalized spacial score (nSPS) is 29.4. The Hall–Kier alpha value is -3.41. The number of fused-ring (bicyclic) bond motifs is 3. The predicted octanol–water partition coefficient (Wildman–Crippen LogP) is 1.32. The first-order valence-corrected chi connectivity index (χ1v) is 12.9. The molecule has 0 spiro atoms. The number of hydrogen-bond donors (Lipinski definition) is 6. The van der Waals surface area contributed by atoms with E-state index >= 15 is 0 Å².